The molecular weight excluding hydrogens is 268 g/mol. The van der Waals surface area contributed by atoms with E-state index in [-0.39, 0.29) is 5.41 Å². The van der Waals surface area contributed by atoms with Gasteiger partial charge in [0.25, 0.3) is 0 Å². The minimum Gasteiger partial charge on any atom is -0.396 e. The van der Waals surface area contributed by atoms with Gasteiger partial charge >= 0.3 is 0 Å². The van der Waals surface area contributed by atoms with E-state index < -0.39 is 0 Å². The Hall–Kier alpha value is -0.450. The molecule has 2 fully saturated rings. The van der Waals surface area contributed by atoms with Gasteiger partial charge < -0.3 is 5.11 Å². The molecule has 0 aromatic carbocycles. The van der Waals surface area contributed by atoms with Crippen molar-refractivity contribution < 1.29 is 5.11 Å². The molecule has 3 nitrogen and oxygen atoms in total. The third kappa shape index (κ3) is 3.41. The third-order valence-corrected chi connectivity index (χ3v) is 5.82. The number of aryl methyl sites for hydroxylation is 1. The molecule has 4 heteroatoms. The Morgan fingerprint density at radius 1 is 1.50 bits per heavy atom. The molecule has 2 heterocycles. The van der Waals surface area contributed by atoms with Gasteiger partial charge in [-0.05, 0) is 38.1 Å². The van der Waals surface area contributed by atoms with E-state index in [1.807, 2.05) is 0 Å². The van der Waals surface area contributed by atoms with Crippen LogP contribution in [-0.4, -0.2) is 34.7 Å². The number of likely N-dealkylation sites (tertiary alicyclic amines) is 1. The van der Waals surface area contributed by atoms with E-state index in [0.29, 0.717) is 6.61 Å². The molecule has 1 aliphatic heterocycles. The van der Waals surface area contributed by atoms with E-state index in [2.05, 4.69) is 22.2 Å². The highest BCUT2D eigenvalue weighted by Crippen LogP contribution is 2.44. The highest BCUT2D eigenvalue weighted by molar-refractivity contribution is 7.09. The SMILES string of the molecule is CCc1nc(CN2CCC[C@@](CO)(CC3CC3)C2)cs1. The second kappa shape index (κ2) is 6.12. The number of thiazole rings is 1. The molecule has 112 valence electrons. The third-order valence-electron chi connectivity index (χ3n) is 4.78. The first-order valence-electron chi connectivity index (χ1n) is 7.99. The van der Waals surface area contributed by atoms with Gasteiger partial charge in [0.15, 0.2) is 0 Å². The van der Waals surface area contributed by atoms with Crippen molar-refractivity contribution in [2.24, 2.45) is 11.3 Å². The highest BCUT2D eigenvalue weighted by atomic mass is 32.1. The molecule has 1 aromatic rings. The van der Waals surface area contributed by atoms with Gasteiger partial charge in [-0.25, -0.2) is 4.98 Å². The number of aromatic nitrogens is 1. The van der Waals surface area contributed by atoms with Gasteiger partial charge in [0.2, 0.25) is 0 Å². The largest absolute Gasteiger partial charge is 0.396 e. The number of rotatable bonds is 6. The predicted octanol–water partition coefficient (Wildman–Crippen LogP) is 3.08. The summed E-state index contributed by atoms with van der Waals surface area (Å²) in [6.45, 7) is 5.69. The number of hydrogen-bond acceptors (Lipinski definition) is 4. The van der Waals surface area contributed by atoms with Crippen LogP contribution in [0.3, 0.4) is 0 Å². The molecule has 20 heavy (non-hydrogen) atoms. The average Bonchev–Trinajstić information content (AvgIpc) is 3.15. The van der Waals surface area contributed by atoms with E-state index in [4.69, 9.17) is 0 Å². The Balaban J connectivity index is 1.61. The van der Waals surface area contributed by atoms with Crippen molar-refractivity contribution in [2.75, 3.05) is 19.7 Å². The molecule has 1 atom stereocenters. The maximum Gasteiger partial charge on any atom is 0.0926 e. The summed E-state index contributed by atoms with van der Waals surface area (Å²) in [6, 6.07) is 0. The zero-order valence-corrected chi connectivity index (χ0v) is 13.3. The Morgan fingerprint density at radius 2 is 2.35 bits per heavy atom. The summed E-state index contributed by atoms with van der Waals surface area (Å²) in [5.74, 6) is 0.896. The number of piperidine rings is 1. The second-order valence-corrected chi connectivity index (χ2v) is 7.65. The monoisotopic (exact) mass is 294 g/mol. The van der Waals surface area contributed by atoms with Crippen LogP contribution in [0.25, 0.3) is 0 Å². The minimum absolute atomic E-state index is 0.170. The average molecular weight is 294 g/mol. The fourth-order valence-corrected chi connectivity index (χ4v) is 4.29. The summed E-state index contributed by atoms with van der Waals surface area (Å²) in [5, 5.41) is 13.3. The molecular formula is C16H26N2OS. The van der Waals surface area contributed by atoms with Crippen molar-refractivity contribution >= 4 is 11.3 Å². The molecule has 1 saturated heterocycles. The van der Waals surface area contributed by atoms with E-state index in [1.54, 1.807) is 11.3 Å². The van der Waals surface area contributed by atoms with E-state index in [9.17, 15) is 5.11 Å². The van der Waals surface area contributed by atoms with Crippen LogP contribution in [0.5, 0.6) is 0 Å². The zero-order chi connectivity index (χ0) is 14.0. The topological polar surface area (TPSA) is 36.4 Å². The van der Waals surface area contributed by atoms with Crippen LogP contribution in [0.2, 0.25) is 0 Å². The van der Waals surface area contributed by atoms with Crippen molar-refractivity contribution in [1.29, 1.82) is 0 Å². The number of hydrogen-bond donors (Lipinski definition) is 1. The molecule has 0 amide bonds. The first kappa shape index (κ1) is 14.5. The Labute approximate surface area is 126 Å². The summed E-state index contributed by atoms with van der Waals surface area (Å²) in [4.78, 5) is 7.19. The maximum atomic E-state index is 9.90. The molecule has 1 saturated carbocycles. The minimum atomic E-state index is 0.170. The first-order chi connectivity index (χ1) is 9.73. The van der Waals surface area contributed by atoms with E-state index in [0.717, 1.165) is 32.0 Å². The van der Waals surface area contributed by atoms with Crippen molar-refractivity contribution in [3.63, 3.8) is 0 Å². The Morgan fingerprint density at radius 3 is 3.00 bits per heavy atom. The number of aliphatic hydroxyl groups is 1. The van der Waals surface area contributed by atoms with Gasteiger partial charge in [0, 0.05) is 30.5 Å². The van der Waals surface area contributed by atoms with Gasteiger partial charge in [-0.1, -0.05) is 19.8 Å². The molecule has 1 aromatic heterocycles. The molecule has 0 bridgehead atoms. The second-order valence-electron chi connectivity index (χ2n) is 6.71. The predicted molar refractivity (Wildman–Crippen MR) is 82.9 cm³/mol. The summed E-state index contributed by atoms with van der Waals surface area (Å²) in [7, 11) is 0. The zero-order valence-electron chi connectivity index (χ0n) is 12.5. The van der Waals surface area contributed by atoms with Crippen LogP contribution in [0.1, 0.15) is 49.7 Å². The molecule has 0 radical (unpaired) electrons. The van der Waals surface area contributed by atoms with Crippen LogP contribution in [0.15, 0.2) is 5.38 Å². The molecule has 0 unspecified atom stereocenters. The fourth-order valence-electron chi connectivity index (χ4n) is 3.55. The molecule has 2 aliphatic rings. The van der Waals surface area contributed by atoms with Gasteiger partial charge in [0.1, 0.15) is 0 Å². The Bertz CT molecular complexity index is 443. The van der Waals surface area contributed by atoms with Crippen LogP contribution >= 0.6 is 11.3 Å². The van der Waals surface area contributed by atoms with E-state index >= 15 is 0 Å². The first-order valence-corrected chi connectivity index (χ1v) is 8.87. The van der Waals surface area contributed by atoms with Crippen molar-refractivity contribution in [2.45, 2.75) is 52.0 Å². The standard InChI is InChI=1S/C16H26N2OS/c1-2-15-17-14(10-20-15)9-18-7-3-6-16(11-18,12-19)8-13-4-5-13/h10,13,19H,2-9,11-12H2,1H3/t16-/m1/s1. The molecule has 1 N–H and O–H groups in total. The molecule has 0 spiro atoms. The lowest BCUT2D eigenvalue weighted by Crippen LogP contribution is -2.45. The van der Waals surface area contributed by atoms with Gasteiger partial charge in [-0.3, -0.25) is 4.90 Å². The fraction of sp³-hybridized carbons (Fsp3) is 0.812. The van der Waals surface area contributed by atoms with Gasteiger partial charge in [-0.2, -0.15) is 0 Å². The Kier molecular flexibility index (Phi) is 4.43. The summed E-state index contributed by atoms with van der Waals surface area (Å²) in [5.41, 5.74) is 1.38. The summed E-state index contributed by atoms with van der Waals surface area (Å²) >= 11 is 1.78. The number of aliphatic hydroxyl groups excluding tert-OH is 1. The quantitative estimate of drug-likeness (QED) is 0.876. The van der Waals surface area contributed by atoms with Crippen molar-refractivity contribution in [3.05, 3.63) is 16.1 Å². The van der Waals surface area contributed by atoms with Crippen LogP contribution in [0.4, 0.5) is 0 Å². The lowest BCUT2D eigenvalue weighted by molar-refractivity contribution is 0.0176. The number of nitrogens with zero attached hydrogens (tertiary/aromatic N) is 2. The summed E-state index contributed by atoms with van der Waals surface area (Å²) < 4.78 is 0. The lowest BCUT2D eigenvalue weighted by Gasteiger charge is -2.42. The lowest BCUT2D eigenvalue weighted by atomic mass is 9.76. The van der Waals surface area contributed by atoms with Crippen LogP contribution < -0.4 is 0 Å². The smallest absolute Gasteiger partial charge is 0.0926 e. The van der Waals surface area contributed by atoms with Gasteiger partial charge in [-0.15, -0.1) is 11.3 Å². The van der Waals surface area contributed by atoms with Crippen LogP contribution in [0, 0.1) is 11.3 Å². The van der Waals surface area contributed by atoms with Crippen LogP contribution in [-0.2, 0) is 13.0 Å². The van der Waals surface area contributed by atoms with E-state index in [1.165, 1.54) is 42.8 Å². The summed E-state index contributed by atoms with van der Waals surface area (Å²) in [6.07, 6.45) is 7.46. The highest BCUT2D eigenvalue weighted by Gasteiger charge is 2.39. The molecule has 1 aliphatic carbocycles. The van der Waals surface area contributed by atoms with Crippen molar-refractivity contribution in [1.82, 2.24) is 9.88 Å². The molecule has 3 rings (SSSR count). The van der Waals surface area contributed by atoms with Gasteiger partial charge in [0.05, 0.1) is 10.7 Å². The van der Waals surface area contributed by atoms with Crippen molar-refractivity contribution in [3.8, 4) is 0 Å². The normalized spacial score (nSPS) is 27.9. The maximum absolute atomic E-state index is 9.90.